The zero-order chi connectivity index (χ0) is 27.5. The molecule has 0 aliphatic carbocycles. The molecule has 13 heteroatoms. The summed E-state index contributed by atoms with van der Waals surface area (Å²) in [5, 5.41) is 2.70. The fraction of sp³-hybridized carbons (Fsp3) is 0.240. The first-order valence-electron chi connectivity index (χ1n) is 11.5. The highest BCUT2D eigenvalue weighted by atomic mass is 35.5. The highest BCUT2D eigenvalue weighted by Gasteiger charge is 2.27. The van der Waals surface area contributed by atoms with Gasteiger partial charge in [-0.2, -0.15) is 4.31 Å². The average Bonchev–Trinajstić information content (AvgIpc) is 2.90. The summed E-state index contributed by atoms with van der Waals surface area (Å²) in [5.74, 6) is -0.461. The van der Waals surface area contributed by atoms with Crippen molar-refractivity contribution in [2.75, 3.05) is 43.5 Å². The van der Waals surface area contributed by atoms with E-state index in [0.717, 1.165) is 5.56 Å². The van der Waals surface area contributed by atoms with Crippen molar-refractivity contribution in [1.82, 2.24) is 4.31 Å². The van der Waals surface area contributed by atoms with E-state index in [1.807, 2.05) is 6.92 Å². The number of halogens is 1. The minimum Gasteiger partial charge on any atom is -0.495 e. The van der Waals surface area contributed by atoms with Crippen LogP contribution < -0.4 is 14.8 Å². The van der Waals surface area contributed by atoms with Gasteiger partial charge in [0.25, 0.3) is 15.9 Å². The Morgan fingerprint density at radius 1 is 0.947 bits per heavy atom. The number of hydrogen-bond donors (Lipinski definition) is 2. The van der Waals surface area contributed by atoms with Gasteiger partial charge < -0.3 is 14.8 Å². The number of anilines is 2. The minimum atomic E-state index is -3.91. The Morgan fingerprint density at radius 3 is 2.26 bits per heavy atom. The van der Waals surface area contributed by atoms with E-state index in [4.69, 9.17) is 21.1 Å². The number of sulfonamides is 2. The largest absolute Gasteiger partial charge is 0.495 e. The number of aryl methyl sites for hydroxylation is 1. The number of nitrogens with one attached hydrogen (secondary N) is 2. The molecule has 1 amide bonds. The van der Waals surface area contributed by atoms with E-state index in [1.54, 1.807) is 12.1 Å². The third kappa shape index (κ3) is 6.11. The SMILES string of the molecule is COc1ccc(S(=O)(=O)N2CCOCC2)cc1NC(=O)c1cc(NS(=O)(=O)c2ccc(C)cc2)ccc1Cl. The molecule has 38 heavy (non-hydrogen) atoms. The Labute approximate surface area is 226 Å². The summed E-state index contributed by atoms with van der Waals surface area (Å²) in [6.45, 7) is 2.87. The van der Waals surface area contributed by atoms with Gasteiger partial charge in [0.15, 0.2) is 0 Å². The van der Waals surface area contributed by atoms with E-state index in [2.05, 4.69) is 10.0 Å². The van der Waals surface area contributed by atoms with Crippen LogP contribution in [-0.2, 0) is 24.8 Å². The van der Waals surface area contributed by atoms with Crippen LogP contribution in [0.25, 0.3) is 0 Å². The third-order valence-electron chi connectivity index (χ3n) is 5.82. The smallest absolute Gasteiger partial charge is 0.261 e. The van der Waals surface area contributed by atoms with Crippen LogP contribution in [0.1, 0.15) is 15.9 Å². The molecule has 202 valence electrons. The number of carbonyl (C=O) groups is 1. The monoisotopic (exact) mass is 579 g/mol. The molecular weight excluding hydrogens is 554 g/mol. The highest BCUT2D eigenvalue weighted by molar-refractivity contribution is 7.92. The maximum absolute atomic E-state index is 13.2. The third-order valence-corrected chi connectivity index (χ3v) is 9.44. The fourth-order valence-corrected chi connectivity index (χ4v) is 6.45. The first kappa shape index (κ1) is 27.9. The van der Waals surface area contributed by atoms with Gasteiger partial charge >= 0.3 is 0 Å². The van der Waals surface area contributed by atoms with Crippen LogP contribution in [-0.4, -0.2) is 60.5 Å². The molecule has 0 radical (unpaired) electrons. The van der Waals surface area contributed by atoms with E-state index in [9.17, 15) is 21.6 Å². The predicted molar refractivity (Wildman–Crippen MR) is 144 cm³/mol. The Balaban J connectivity index is 1.60. The molecule has 0 bridgehead atoms. The highest BCUT2D eigenvalue weighted by Crippen LogP contribution is 2.31. The molecule has 1 aliphatic heterocycles. The van der Waals surface area contributed by atoms with E-state index < -0.39 is 26.0 Å². The molecular formula is C25H26ClN3O7S2. The molecule has 0 atom stereocenters. The number of benzene rings is 3. The second kappa shape index (κ2) is 11.3. The van der Waals surface area contributed by atoms with Crippen molar-refractivity contribution in [3.63, 3.8) is 0 Å². The molecule has 3 aromatic carbocycles. The molecule has 4 rings (SSSR count). The van der Waals surface area contributed by atoms with Gasteiger partial charge in [0.1, 0.15) is 5.75 Å². The Morgan fingerprint density at radius 2 is 1.61 bits per heavy atom. The van der Waals surface area contributed by atoms with Gasteiger partial charge in [-0.1, -0.05) is 29.3 Å². The molecule has 10 nitrogen and oxygen atoms in total. The molecule has 0 aromatic heterocycles. The summed E-state index contributed by atoms with van der Waals surface area (Å²) in [6, 6.07) is 14.6. The van der Waals surface area contributed by atoms with Crippen molar-refractivity contribution in [3.8, 4) is 5.75 Å². The number of amides is 1. The standard InChI is InChI=1S/C25H26ClN3O7S2/c1-17-3-6-19(7-4-17)37(31,32)28-18-5-9-22(26)21(15-18)25(30)27-23-16-20(8-10-24(23)35-2)38(33,34)29-11-13-36-14-12-29/h3-10,15-16,28H,11-14H2,1-2H3,(H,27,30). The van der Waals surface area contributed by atoms with Gasteiger partial charge in [-0.3, -0.25) is 9.52 Å². The number of carbonyl (C=O) groups excluding carboxylic acids is 1. The Kier molecular flexibility index (Phi) is 8.28. The average molecular weight is 580 g/mol. The first-order chi connectivity index (χ1) is 18.0. The summed E-state index contributed by atoms with van der Waals surface area (Å²) in [5.41, 5.74) is 1.11. The normalized spacial score (nSPS) is 14.6. The zero-order valence-electron chi connectivity index (χ0n) is 20.6. The van der Waals surface area contributed by atoms with E-state index in [-0.39, 0.29) is 50.6 Å². The quantitative estimate of drug-likeness (QED) is 0.416. The summed E-state index contributed by atoms with van der Waals surface area (Å²) >= 11 is 6.26. The number of hydrogen-bond acceptors (Lipinski definition) is 7. The second-order valence-corrected chi connectivity index (χ2v) is 12.5. The summed E-state index contributed by atoms with van der Waals surface area (Å²) in [4.78, 5) is 13.2. The van der Waals surface area contributed by atoms with Crippen molar-refractivity contribution in [3.05, 3.63) is 76.8 Å². The minimum absolute atomic E-state index is 0.0267. The van der Waals surface area contributed by atoms with Gasteiger partial charge in [0.2, 0.25) is 10.0 Å². The zero-order valence-corrected chi connectivity index (χ0v) is 23.0. The van der Waals surface area contributed by atoms with Crippen LogP contribution in [0.2, 0.25) is 5.02 Å². The number of rotatable bonds is 8. The second-order valence-electron chi connectivity index (χ2n) is 8.45. The molecule has 0 spiro atoms. The number of morpholine rings is 1. The summed E-state index contributed by atoms with van der Waals surface area (Å²) in [7, 11) is -6.36. The lowest BCUT2D eigenvalue weighted by Crippen LogP contribution is -2.40. The Hall–Kier alpha value is -3.16. The van der Waals surface area contributed by atoms with Crippen molar-refractivity contribution in [2.24, 2.45) is 0 Å². The maximum atomic E-state index is 13.2. The molecule has 2 N–H and O–H groups in total. The van der Waals surface area contributed by atoms with Gasteiger partial charge in [-0.25, -0.2) is 16.8 Å². The van der Waals surface area contributed by atoms with Gasteiger partial charge in [-0.05, 0) is 55.5 Å². The van der Waals surface area contributed by atoms with Gasteiger partial charge in [0, 0.05) is 18.8 Å². The first-order valence-corrected chi connectivity index (χ1v) is 14.8. The van der Waals surface area contributed by atoms with Gasteiger partial charge in [-0.15, -0.1) is 0 Å². The topological polar surface area (TPSA) is 131 Å². The molecule has 1 saturated heterocycles. The maximum Gasteiger partial charge on any atom is 0.261 e. The molecule has 0 saturated carbocycles. The number of methoxy groups -OCH3 is 1. The van der Waals surface area contributed by atoms with Crippen molar-refractivity contribution >= 4 is 48.9 Å². The van der Waals surface area contributed by atoms with Crippen LogP contribution in [0.4, 0.5) is 11.4 Å². The predicted octanol–water partition coefficient (Wildman–Crippen LogP) is 3.73. The molecule has 1 heterocycles. The summed E-state index contributed by atoms with van der Waals surface area (Å²) in [6.07, 6.45) is 0. The summed E-state index contributed by atoms with van der Waals surface area (Å²) < 4.78 is 66.0. The lowest BCUT2D eigenvalue weighted by atomic mass is 10.2. The number of nitrogens with zero attached hydrogens (tertiary/aromatic N) is 1. The van der Waals surface area contributed by atoms with Crippen molar-refractivity contribution < 1.29 is 31.1 Å². The van der Waals surface area contributed by atoms with Crippen LogP contribution in [0.15, 0.2) is 70.5 Å². The van der Waals surface area contributed by atoms with Gasteiger partial charge in [0.05, 0.1) is 46.4 Å². The van der Waals surface area contributed by atoms with Crippen molar-refractivity contribution in [2.45, 2.75) is 16.7 Å². The molecule has 0 unspecified atom stereocenters. The van der Waals surface area contributed by atoms with Crippen molar-refractivity contribution in [1.29, 1.82) is 0 Å². The van der Waals surface area contributed by atoms with Crippen LogP contribution >= 0.6 is 11.6 Å². The lowest BCUT2D eigenvalue weighted by molar-refractivity contribution is 0.0730. The lowest BCUT2D eigenvalue weighted by Gasteiger charge is -2.26. The van der Waals surface area contributed by atoms with Crippen LogP contribution in [0.5, 0.6) is 5.75 Å². The fourth-order valence-electron chi connectivity index (χ4n) is 3.77. The van der Waals surface area contributed by atoms with Crippen LogP contribution in [0, 0.1) is 6.92 Å². The van der Waals surface area contributed by atoms with Crippen LogP contribution in [0.3, 0.4) is 0 Å². The molecule has 1 aliphatic rings. The van der Waals surface area contributed by atoms with E-state index in [0.29, 0.717) is 13.2 Å². The van der Waals surface area contributed by atoms with E-state index >= 15 is 0 Å². The molecule has 1 fully saturated rings. The van der Waals surface area contributed by atoms with E-state index in [1.165, 1.54) is 59.9 Å². The molecule has 3 aromatic rings. The Bertz CT molecular complexity index is 1550. The number of ether oxygens (including phenoxy) is 2.